The number of carbonyl (C=O) groups excluding carboxylic acids is 2. The van der Waals surface area contributed by atoms with Crippen LogP contribution >= 0.6 is 12.4 Å². The first kappa shape index (κ1) is 18.6. The molecule has 0 aromatic heterocycles. The van der Waals surface area contributed by atoms with Crippen molar-refractivity contribution in [2.75, 3.05) is 13.1 Å². The van der Waals surface area contributed by atoms with Gasteiger partial charge in [0.15, 0.2) is 5.78 Å². The fourth-order valence-electron chi connectivity index (χ4n) is 2.55. The number of hydrogen-bond acceptors (Lipinski definition) is 4. The Hall–Kier alpha value is -2.73. The zero-order chi connectivity index (χ0) is 17.1. The third-order valence-corrected chi connectivity index (χ3v) is 3.93. The van der Waals surface area contributed by atoms with Crippen LogP contribution < -0.4 is 11.1 Å². The number of hydrogen-bond donors (Lipinski definition) is 2. The molecule has 1 unspecified atom stereocenters. The number of primary amides is 1. The van der Waals surface area contributed by atoms with Crippen molar-refractivity contribution in [2.24, 2.45) is 16.6 Å². The number of aliphatic imine (C=N–C) groups is 1. The first-order valence-corrected chi connectivity index (χ1v) is 7.53. The minimum absolute atomic E-state index is 0. The molecule has 1 amide bonds. The summed E-state index contributed by atoms with van der Waals surface area (Å²) in [5, 5.41) is 3.14. The lowest BCUT2D eigenvalue weighted by Crippen LogP contribution is -2.39. The van der Waals surface area contributed by atoms with Crippen LogP contribution in [0, 0.1) is 11.7 Å². The second-order valence-corrected chi connectivity index (χ2v) is 5.58. The molecule has 0 spiro atoms. The van der Waals surface area contributed by atoms with Gasteiger partial charge in [-0.1, -0.05) is 12.1 Å². The Morgan fingerprint density at radius 2 is 1.64 bits per heavy atom. The molecule has 2 aromatic rings. The highest BCUT2D eigenvalue weighted by molar-refractivity contribution is 6.03. The minimum Gasteiger partial charge on any atom is -0.369 e. The van der Waals surface area contributed by atoms with Gasteiger partial charge >= 0.3 is 0 Å². The molecule has 0 saturated carbocycles. The second kappa shape index (κ2) is 7.90. The van der Waals surface area contributed by atoms with Gasteiger partial charge in [-0.05, 0) is 36.4 Å². The first-order valence-electron chi connectivity index (χ1n) is 7.53. The fourth-order valence-corrected chi connectivity index (χ4v) is 2.55. The summed E-state index contributed by atoms with van der Waals surface area (Å²) in [6.07, 6.45) is 0. The molecule has 25 heavy (non-hydrogen) atoms. The zero-order valence-corrected chi connectivity index (χ0v) is 14.1. The summed E-state index contributed by atoms with van der Waals surface area (Å²) in [6.45, 7) is 0.808. The Kier molecular flexibility index (Phi) is 5.88. The van der Waals surface area contributed by atoms with Crippen molar-refractivity contribution in [1.29, 1.82) is 0 Å². The van der Waals surface area contributed by atoms with Crippen molar-refractivity contribution in [3.05, 3.63) is 71.0 Å². The lowest BCUT2D eigenvalue weighted by molar-refractivity contribution is 0.0923. The van der Waals surface area contributed by atoms with Gasteiger partial charge < -0.3 is 11.1 Å². The SMILES string of the molecule is Cl.NC(=O)c1ccc(C2=NCC(C(=O)c3ccc(F)cc3)CN2)cc1. The van der Waals surface area contributed by atoms with Crippen LogP contribution in [-0.2, 0) is 0 Å². The first-order chi connectivity index (χ1) is 11.5. The largest absolute Gasteiger partial charge is 0.369 e. The van der Waals surface area contributed by atoms with E-state index in [9.17, 15) is 14.0 Å². The summed E-state index contributed by atoms with van der Waals surface area (Å²) in [4.78, 5) is 27.9. The van der Waals surface area contributed by atoms with Crippen molar-refractivity contribution >= 4 is 29.9 Å². The van der Waals surface area contributed by atoms with Crippen LogP contribution in [0.1, 0.15) is 26.3 Å². The highest BCUT2D eigenvalue weighted by Crippen LogP contribution is 2.14. The van der Waals surface area contributed by atoms with Gasteiger partial charge in [0.1, 0.15) is 11.7 Å². The Labute approximate surface area is 150 Å². The van der Waals surface area contributed by atoms with E-state index in [1.165, 1.54) is 24.3 Å². The van der Waals surface area contributed by atoms with Crippen molar-refractivity contribution in [2.45, 2.75) is 0 Å². The van der Waals surface area contributed by atoms with Gasteiger partial charge in [-0.3, -0.25) is 14.6 Å². The monoisotopic (exact) mass is 361 g/mol. The normalized spacial score (nSPS) is 16.2. The van der Waals surface area contributed by atoms with Gasteiger partial charge in [-0.2, -0.15) is 0 Å². The third-order valence-electron chi connectivity index (χ3n) is 3.93. The molecule has 3 rings (SSSR count). The quantitative estimate of drug-likeness (QED) is 0.819. The molecule has 7 heteroatoms. The third kappa shape index (κ3) is 4.22. The molecule has 0 bridgehead atoms. The number of benzene rings is 2. The van der Waals surface area contributed by atoms with E-state index in [0.717, 1.165) is 5.56 Å². The number of amides is 1. The number of Topliss-reactive ketones (excluding diaryl/α,β-unsaturated/α-hetero) is 1. The molecule has 1 aliphatic rings. The molecule has 1 atom stereocenters. The van der Waals surface area contributed by atoms with E-state index in [-0.39, 0.29) is 29.9 Å². The van der Waals surface area contributed by atoms with E-state index in [0.29, 0.717) is 30.1 Å². The standard InChI is InChI=1S/C18H16FN3O2.ClH/c19-15-7-5-11(6-8-15)16(23)14-9-21-18(22-10-14)13-3-1-12(2-4-13)17(20)24;/h1-8,14H,9-10H2,(H2,20,24)(H,21,22);1H. The highest BCUT2D eigenvalue weighted by Gasteiger charge is 2.24. The van der Waals surface area contributed by atoms with Gasteiger partial charge in [0.2, 0.25) is 5.91 Å². The van der Waals surface area contributed by atoms with E-state index in [2.05, 4.69) is 10.3 Å². The average molecular weight is 362 g/mol. The van der Waals surface area contributed by atoms with Crippen LogP contribution in [0.15, 0.2) is 53.5 Å². The number of rotatable bonds is 4. The van der Waals surface area contributed by atoms with Crippen LogP contribution in [0.4, 0.5) is 4.39 Å². The Balaban J connectivity index is 0.00000225. The minimum atomic E-state index is -0.481. The Morgan fingerprint density at radius 3 is 2.16 bits per heavy atom. The molecule has 0 aliphatic carbocycles. The maximum absolute atomic E-state index is 12.9. The highest BCUT2D eigenvalue weighted by atomic mass is 35.5. The summed E-state index contributed by atoms with van der Waals surface area (Å²) in [6, 6.07) is 12.3. The van der Waals surface area contributed by atoms with Gasteiger partial charge in [0.25, 0.3) is 0 Å². The predicted molar refractivity (Wildman–Crippen MR) is 95.8 cm³/mol. The molecule has 0 fully saturated rings. The number of amidine groups is 1. The summed E-state index contributed by atoms with van der Waals surface area (Å²) in [5.74, 6) is -0.522. The van der Waals surface area contributed by atoms with Gasteiger partial charge in [0, 0.05) is 23.2 Å². The number of halogens is 2. The van der Waals surface area contributed by atoms with E-state index in [4.69, 9.17) is 5.73 Å². The van der Waals surface area contributed by atoms with Crippen LogP contribution in [0.25, 0.3) is 0 Å². The molecular formula is C18H17ClFN3O2. The lowest BCUT2D eigenvalue weighted by atomic mass is 9.96. The number of ketones is 1. The number of nitrogens with two attached hydrogens (primary N) is 1. The van der Waals surface area contributed by atoms with Gasteiger partial charge in [0.05, 0.1) is 12.5 Å². The molecule has 3 N–H and O–H groups in total. The molecule has 1 heterocycles. The van der Waals surface area contributed by atoms with E-state index in [1.807, 2.05) is 0 Å². The topological polar surface area (TPSA) is 84.6 Å². The second-order valence-electron chi connectivity index (χ2n) is 5.58. The Morgan fingerprint density at radius 1 is 1.04 bits per heavy atom. The number of nitrogens with zero attached hydrogens (tertiary/aromatic N) is 1. The molecule has 1 aliphatic heterocycles. The summed E-state index contributed by atoms with van der Waals surface area (Å²) >= 11 is 0. The van der Waals surface area contributed by atoms with Crippen molar-refractivity contribution in [3.8, 4) is 0 Å². The fraction of sp³-hybridized carbons (Fsp3) is 0.167. The van der Waals surface area contributed by atoms with Crippen molar-refractivity contribution in [1.82, 2.24) is 5.32 Å². The molecule has 130 valence electrons. The predicted octanol–water partition coefficient (Wildman–Crippen LogP) is 2.20. The molecule has 2 aromatic carbocycles. The van der Waals surface area contributed by atoms with Crippen LogP contribution in [0.5, 0.6) is 0 Å². The van der Waals surface area contributed by atoms with Crippen LogP contribution in [0.2, 0.25) is 0 Å². The number of nitrogens with one attached hydrogen (secondary N) is 1. The maximum Gasteiger partial charge on any atom is 0.248 e. The van der Waals surface area contributed by atoms with E-state index >= 15 is 0 Å². The van der Waals surface area contributed by atoms with Crippen LogP contribution in [0.3, 0.4) is 0 Å². The summed E-state index contributed by atoms with van der Waals surface area (Å²) in [7, 11) is 0. The summed E-state index contributed by atoms with van der Waals surface area (Å²) in [5.41, 5.74) is 6.95. The van der Waals surface area contributed by atoms with Crippen molar-refractivity contribution in [3.63, 3.8) is 0 Å². The zero-order valence-electron chi connectivity index (χ0n) is 13.2. The molecule has 0 saturated heterocycles. The average Bonchev–Trinajstić information content (AvgIpc) is 2.62. The Bertz CT molecular complexity index is 804. The van der Waals surface area contributed by atoms with Crippen LogP contribution in [-0.4, -0.2) is 30.6 Å². The van der Waals surface area contributed by atoms with Gasteiger partial charge in [-0.25, -0.2) is 4.39 Å². The van der Waals surface area contributed by atoms with Crippen molar-refractivity contribution < 1.29 is 14.0 Å². The lowest BCUT2D eigenvalue weighted by Gasteiger charge is -2.22. The molecular weight excluding hydrogens is 345 g/mol. The molecule has 0 radical (unpaired) electrons. The number of carbonyl (C=O) groups is 2. The summed E-state index contributed by atoms with van der Waals surface area (Å²) < 4.78 is 12.9. The maximum atomic E-state index is 12.9. The smallest absolute Gasteiger partial charge is 0.248 e. The van der Waals surface area contributed by atoms with E-state index < -0.39 is 5.91 Å². The van der Waals surface area contributed by atoms with E-state index in [1.54, 1.807) is 24.3 Å². The van der Waals surface area contributed by atoms with Gasteiger partial charge in [-0.15, -0.1) is 12.4 Å². The molecule has 5 nitrogen and oxygen atoms in total.